The number of aromatic nitrogens is 2. The first-order valence-electron chi connectivity index (χ1n) is 7.20. The molecule has 0 spiro atoms. The maximum Gasteiger partial charge on any atom is 0.341 e. The van der Waals surface area contributed by atoms with Crippen molar-refractivity contribution in [2.24, 2.45) is 0 Å². The van der Waals surface area contributed by atoms with E-state index in [2.05, 4.69) is 21.8 Å². The third-order valence-corrected chi connectivity index (χ3v) is 3.28. The fourth-order valence-electron chi connectivity index (χ4n) is 2.10. The molecule has 3 N–H and O–H groups in total. The second kappa shape index (κ2) is 6.86. The van der Waals surface area contributed by atoms with Gasteiger partial charge in [-0.05, 0) is 35.9 Å². The van der Waals surface area contributed by atoms with Gasteiger partial charge in [-0.15, -0.1) is 0 Å². The number of carbonyl (C=O) groups is 1. The fraction of sp³-hybridized carbons (Fsp3) is 0.111. The van der Waals surface area contributed by atoms with Crippen molar-refractivity contribution in [3.8, 4) is 17.9 Å². The standard InChI is InChI=1S/C18H14N2O4/c21-10-14-5-2-12(3-6-14)1-4-13-7-8-15-16(9-13)20-18(19-15)24-11-17(22)23/h2-3,5-9,21H,10-11H2,(H,19,20)(H,22,23). The number of H-pyrrole nitrogens is 1. The minimum absolute atomic E-state index is 0.00974. The number of carboxylic acid groups (broad SMARTS) is 1. The molecule has 24 heavy (non-hydrogen) atoms. The van der Waals surface area contributed by atoms with Gasteiger partial charge < -0.3 is 19.9 Å². The number of imidazole rings is 1. The molecule has 0 aliphatic rings. The predicted octanol–water partition coefficient (Wildman–Crippen LogP) is 1.92. The quantitative estimate of drug-likeness (QED) is 0.638. The number of fused-ring (bicyclic) bond motifs is 1. The first kappa shape index (κ1) is 15.6. The maximum absolute atomic E-state index is 10.5. The van der Waals surface area contributed by atoms with Crippen LogP contribution in [0, 0.1) is 11.8 Å². The number of aliphatic hydroxyl groups is 1. The molecule has 6 nitrogen and oxygen atoms in total. The lowest BCUT2D eigenvalue weighted by molar-refractivity contribution is -0.139. The number of hydrogen-bond donors (Lipinski definition) is 3. The van der Waals surface area contributed by atoms with Gasteiger partial charge in [0.15, 0.2) is 6.61 Å². The molecule has 1 aromatic heterocycles. The number of nitrogens with zero attached hydrogens (tertiary/aromatic N) is 1. The number of benzene rings is 2. The Kier molecular flexibility index (Phi) is 4.45. The summed E-state index contributed by atoms with van der Waals surface area (Å²) < 4.78 is 5.02. The van der Waals surface area contributed by atoms with Crippen LogP contribution in [0.2, 0.25) is 0 Å². The molecule has 0 unspecified atom stereocenters. The zero-order chi connectivity index (χ0) is 16.9. The van der Waals surface area contributed by atoms with Crippen LogP contribution >= 0.6 is 0 Å². The van der Waals surface area contributed by atoms with E-state index >= 15 is 0 Å². The molecule has 3 rings (SSSR count). The number of nitrogens with one attached hydrogen (secondary N) is 1. The van der Waals surface area contributed by atoms with Crippen molar-refractivity contribution >= 4 is 17.0 Å². The molecule has 0 atom stereocenters. The van der Waals surface area contributed by atoms with Gasteiger partial charge in [0.05, 0.1) is 17.6 Å². The Morgan fingerprint density at radius 3 is 2.54 bits per heavy atom. The highest BCUT2D eigenvalue weighted by atomic mass is 16.5. The lowest BCUT2D eigenvalue weighted by atomic mass is 10.1. The number of hydrogen-bond acceptors (Lipinski definition) is 4. The summed E-state index contributed by atoms with van der Waals surface area (Å²) in [7, 11) is 0. The molecular weight excluding hydrogens is 308 g/mol. The highest BCUT2D eigenvalue weighted by Crippen LogP contribution is 2.17. The van der Waals surface area contributed by atoms with Crippen LogP contribution in [0.25, 0.3) is 11.0 Å². The predicted molar refractivity (Wildman–Crippen MR) is 87.6 cm³/mol. The largest absolute Gasteiger partial charge is 0.479 e. The summed E-state index contributed by atoms with van der Waals surface area (Å²) in [6.45, 7) is -0.438. The van der Waals surface area contributed by atoms with Gasteiger partial charge in [0.1, 0.15) is 0 Å². The highest BCUT2D eigenvalue weighted by molar-refractivity contribution is 5.77. The van der Waals surface area contributed by atoms with Crippen molar-refractivity contribution < 1.29 is 19.7 Å². The SMILES string of the molecule is O=C(O)COc1nc2cc(C#Cc3ccc(CO)cc3)ccc2[nH]1. The van der Waals surface area contributed by atoms with E-state index in [4.69, 9.17) is 14.9 Å². The Morgan fingerprint density at radius 1 is 1.12 bits per heavy atom. The third-order valence-electron chi connectivity index (χ3n) is 3.28. The number of carboxylic acids is 1. The zero-order valence-electron chi connectivity index (χ0n) is 12.6. The lowest BCUT2D eigenvalue weighted by Crippen LogP contribution is -2.09. The zero-order valence-corrected chi connectivity index (χ0v) is 12.6. The van der Waals surface area contributed by atoms with E-state index in [0.717, 1.165) is 22.2 Å². The highest BCUT2D eigenvalue weighted by Gasteiger charge is 2.06. The molecule has 0 amide bonds. The topological polar surface area (TPSA) is 95.4 Å². The summed E-state index contributed by atoms with van der Waals surface area (Å²) >= 11 is 0. The van der Waals surface area contributed by atoms with E-state index in [-0.39, 0.29) is 12.6 Å². The van der Waals surface area contributed by atoms with Crippen molar-refractivity contribution in [3.63, 3.8) is 0 Å². The minimum atomic E-state index is -1.06. The average molecular weight is 322 g/mol. The van der Waals surface area contributed by atoms with Gasteiger partial charge in [-0.1, -0.05) is 24.0 Å². The Morgan fingerprint density at radius 2 is 1.83 bits per heavy atom. The van der Waals surface area contributed by atoms with E-state index in [1.165, 1.54) is 0 Å². The van der Waals surface area contributed by atoms with Gasteiger partial charge in [-0.3, -0.25) is 0 Å². The number of aliphatic carboxylic acids is 1. The molecule has 0 radical (unpaired) electrons. The van der Waals surface area contributed by atoms with Gasteiger partial charge in [0, 0.05) is 11.1 Å². The third kappa shape index (κ3) is 3.72. The molecule has 1 heterocycles. The smallest absolute Gasteiger partial charge is 0.341 e. The lowest BCUT2D eigenvalue weighted by Gasteiger charge is -1.95. The normalized spacial score (nSPS) is 10.2. The summed E-state index contributed by atoms with van der Waals surface area (Å²) in [5, 5.41) is 17.6. The van der Waals surface area contributed by atoms with E-state index < -0.39 is 12.6 Å². The van der Waals surface area contributed by atoms with Crippen LogP contribution < -0.4 is 4.74 Å². The Bertz CT molecular complexity index is 933. The molecular formula is C18H14N2O4. The summed E-state index contributed by atoms with van der Waals surface area (Å²) in [6.07, 6.45) is 0. The van der Waals surface area contributed by atoms with Crippen LogP contribution in [0.5, 0.6) is 6.01 Å². The average Bonchev–Trinajstić information content (AvgIpc) is 3.00. The second-order valence-electron chi connectivity index (χ2n) is 5.06. The van der Waals surface area contributed by atoms with Crippen molar-refractivity contribution in [3.05, 3.63) is 59.2 Å². The van der Waals surface area contributed by atoms with E-state index in [9.17, 15) is 4.79 Å². The molecule has 0 aliphatic heterocycles. The molecule has 2 aromatic carbocycles. The van der Waals surface area contributed by atoms with E-state index in [1.807, 2.05) is 36.4 Å². The van der Waals surface area contributed by atoms with Gasteiger partial charge in [0.2, 0.25) is 0 Å². The van der Waals surface area contributed by atoms with Crippen molar-refractivity contribution in [1.29, 1.82) is 0 Å². The van der Waals surface area contributed by atoms with Crippen LogP contribution in [0.1, 0.15) is 16.7 Å². The van der Waals surface area contributed by atoms with Crippen LogP contribution in [0.15, 0.2) is 42.5 Å². The van der Waals surface area contributed by atoms with Crippen LogP contribution in [-0.4, -0.2) is 32.8 Å². The van der Waals surface area contributed by atoms with Gasteiger partial charge in [-0.25, -0.2) is 4.79 Å². The first-order valence-corrected chi connectivity index (χ1v) is 7.20. The van der Waals surface area contributed by atoms with Crippen LogP contribution in [-0.2, 0) is 11.4 Å². The molecule has 0 fully saturated rings. The Balaban J connectivity index is 1.80. The van der Waals surface area contributed by atoms with Gasteiger partial charge >= 0.3 is 5.97 Å². The number of rotatable bonds is 4. The summed E-state index contributed by atoms with van der Waals surface area (Å²) in [4.78, 5) is 17.6. The van der Waals surface area contributed by atoms with Crippen molar-refractivity contribution in [2.45, 2.75) is 6.61 Å². The summed E-state index contributed by atoms with van der Waals surface area (Å²) in [5.74, 6) is 5.03. The van der Waals surface area contributed by atoms with Crippen molar-refractivity contribution in [2.75, 3.05) is 6.61 Å². The molecule has 0 bridgehead atoms. The molecule has 0 saturated carbocycles. The monoisotopic (exact) mass is 322 g/mol. The summed E-state index contributed by atoms with van der Waals surface area (Å²) in [5.41, 5.74) is 3.86. The van der Waals surface area contributed by atoms with Gasteiger partial charge in [-0.2, -0.15) is 4.98 Å². The first-order chi connectivity index (χ1) is 11.6. The van der Waals surface area contributed by atoms with Gasteiger partial charge in [0.25, 0.3) is 6.01 Å². The minimum Gasteiger partial charge on any atom is -0.479 e. The molecule has 0 saturated heterocycles. The maximum atomic E-state index is 10.5. The summed E-state index contributed by atoms with van der Waals surface area (Å²) in [6, 6.07) is 13.0. The van der Waals surface area contributed by atoms with Crippen LogP contribution in [0.4, 0.5) is 0 Å². The Hall–Kier alpha value is -3.30. The van der Waals surface area contributed by atoms with E-state index in [0.29, 0.717) is 5.52 Å². The second-order valence-corrected chi connectivity index (χ2v) is 5.06. The van der Waals surface area contributed by atoms with Crippen LogP contribution in [0.3, 0.4) is 0 Å². The number of ether oxygens (including phenoxy) is 1. The van der Waals surface area contributed by atoms with E-state index in [1.54, 1.807) is 6.07 Å². The fourth-order valence-corrected chi connectivity index (χ4v) is 2.10. The molecule has 3 aromatic rings. The molecule has 120 valence electrons. The number of aromatic amines is 1. The van der Waals surface area contributed by atoms with Crippen molar-refractivity contribution in [1.82, 2.24) is 9.97 Å². The molecule has 6 heteroatoms. The Labute approximate surface area is 137 Å². The number of aliphatic hydroxyl groups excluding tert-OH is 1. The molecule has 0 aliphatic carbocycles.